The predicted molar refractivity (Wildman–Crippen MR) is 78.6 cm³/mol. The Morgan fingerprint density at radius 2 is 2.16 bits per heavy atom. The molecule has 1 aliphatic rings. The van der Waals surface area contributed by atoms with Crippen LogP contribution in [0.1, 0.15) is 24.1 Å². The van der Waals surface area contributed by atoms with Gasteiger partial charge in [-0.05, 0) is 38.8 Å². The Hall–Kier alpha value is -1.13. The van der Waals surface area contributed by atoms with Crippen LogP contribution in [0.4, 0.5) is 5.69 Å². The summed E-state index contributed by atoms with van der Waals surface area (Å²) in [6.45, 7) is 5.84. The van der Waals surface area contributed by atoms with Crippen LogP contribution >= 0.6 is 0 Å². The highest BCUT2D eigenvalue weighted by atomic mass is 16.5. The zero-order valence-electron chi connectivity index (χ0n) is 12.3. The lowest BCUT2D eigenvalue weighted by Crippen LogP contribution is -2.30. The fourth-order valence-electron chi connectivity index (χ4n) is 2.67. The average molecular weight is 263 g/mol. The number of anilines is 1. The van der Waals surface area contributed by atoms with Crippen molar-refractivity contribution in [1.82, 2.24) is 10.3 Å². The number of pyridine rings is 1. The summed E-state index contributed by atoms with van der Waals surface area (Å²) in [5, 5.41) is 3.22. The van der Waals surface area contributed by atoms with Crippen LogP contribution in [-0.4, -0.2) is 38.8 Å². The van der Waals surface area contributed by atoms with Crippen molar-refractivity contribution in [3.63, 3.8) is 0 Å². The van der Waals surface area contributed by atoms with E-state index in [1.807, 2.05) is 13.2 Å². The van der Waals surface area contributed by atoms with Gasteiger partial charge in [0.15, 0.2) is 0 Å². The summed E-state index contributed by atoms with van der Waals surface area (Å²) in [4.78, 5) is 6.77. The monoisotopic (exact) mass is 263 g/mol. The van der Waals surface area contributed by atoms with E-state index in [9.17, 15) is 0 Å². The van der Waals surface area contributed by atoms with Crippen LogP contribution in [0.3, 0.4) is 0 Å². The first-order valence-electron chi connectivity index (χ1n) is 7.09. The standard InChI is InChI=1S/C15H25N3O/c1-12-8-15(14(9-16-2)10-17-12)18(3)11-13-4-6-19-7-5-13/h8,10,13,16H,4-7,9,11H2,1-3H3. The number of ether oxygens (including phenoxy) is 1. The van der Waals surface area contributed by atoms with E-state index >= 15 is 0 Å². The van der Waals surface area contributed by atoms with Crippen LogP contribution in [0.15, 0.2) is 12.3 Å². The fraction of sp³-hybridized carbons (Fsp3) is 0.667. The molecule has 1 fully saturated rings. The maximum Gasteiger partial charge on any atom is 0.0469 e. The second-order valence-corrected chi connectivity index (χ2v) is 5.42. The van der Waals surface area contributed by atoms with Crippen molar-refractivity contribution < 1.29 is 4.74 Å². The van der Waals surface area contributed by atoms with Gasteiger partial charge in [-0.2, -0.15) is 0 Å². The Kier molecular flexibility index (Phi) is 5.16. The third-order valence-electron chi connectivity index (χ3n) is 3.75. The molecule has 0 spiro atoms. The molecule has 0 atom stereocenters. The van der Waals surface area contributed by atoms with E-state index in [0.717, 1.165) is 37.9 Å². The van der Waals surface area contributed by atoms with Gasteiger partial charge in [0.1, 0.15) is 0 Å². The minimum Gasteiger partial charge on any atom is -0.381 e. The highest BCUT2D eigenvalue weighted by molar-refractivity contribution is 5.53. The number of aryl methyl sites for hydroxylation is 1. The van der Waals surface area contributed by atoms with Crippen molar-refractivity contribution in [1.29, 1.82) is 0 Å². The molecule has 1 saturated heterocycles. The Morgan fingerprint density at radius 1 is 1.42 bits per heavy atom. The van der Waals surface area contributed by atoms with Gasteiger partial charge in [-0.3, -0.25) is 4.98 Å². The first kappa shape index (κ1) is 14.3. The molecule has 1 N–H and O–H groups in total. The average Bonchev–Trinajstić information content (AvgIpc) is 2.42. The number of nitrogens with one attached hydrogen (secondary N) is 1. The van der Waals surface area contributed by atoms with Crippen molar-refractivity contribution in [2.45, 2.75) is 26.3 Å². The minimum atomic E-state index is 0.745. The Morgan fingerprint density at radius 3 is 2.84 bits per heavy atom. The van der Waals surface area contributed by atoms with Gasteiger partial charge in [-0.1, -0.05) is 0 Å². The van der Waals surface area contributed by atoms with E-state index in [4.69, 9.17) is 4.74 Å². The third-order valence-corrected chi connectivity index (χ3v) is 3.75. The number of rotatable bonds is 5. The molecule has 19 heavy (non-hydrogen) atoms. The zero-order valence-corrected chi connectivity index (χ0v) is 12.3. The Balaban J connectivity index is 2.07. The molecule has 1 aromatic rings. The topological polar surface area (TPSA) is 37.4 Å². The lowest BCUT2D eigenvalue weighted by molar-refractivity contribution is 0.0685. The molecule has 0 bridgehead atoms. The first-order valence-corrected chi connectivity index (χ1v) is 7.09. The summed E-state index contributed by atoms with van der Waals surface area (Å²) in [6.07, 6.45) is 4.34. The minimum absolute atomic E-state index is 0.745. The van der Waals surface area contributed by atoms with E-state index in [1.165, 1.54) is 24.1 Å². The smallest absolute Gasteiger partial charge is 0.0469 e. The van der Waals surface area contributed by atoms with Crippen molar-refractivity contribution in [2.75, 3.05) is 38.8 Å². The molecule has 106 valence electrons. The molecule has 2 heterocycles. The Bertz CT molecular complexity index is 402. The van der Waals surface area contributed by atoms with Gasteiger partial charge in [0, 0.05) is 56.5 Å². The molecule has 4 nitrogen and oxygen atoms in total. The number of aromatic nitrogens is 1. The van der Waals surface area contributed by atoms with Crippen LogP contribution in [0.2, 0.25) is 0 Å². The van der Waals surface area contributed by atoms with E-state index < -0.39 is 0 Å². The summed E-state index contributed by atoms with van der Waals surface area (Å²) >= 11 is 0. The molecule has 0 aliphatic carbocycles. The highest BCUT2D eigenvalue weighted by Crippen LogP contribution is 2.23. The lowest BCUT2D eigenvalue weighted by atomic mass is 9.99. The third kappa shape index (κ3) is 3.91. The molecular formula is C15H25N3O. The molecule has 0 unspecified atom stereocenters. The second kappa shape index (κ2) is 6.87. The normalized spacial score (nSPS) is 16.6. The maximum absolute atomic E-state index is 5.43. The molecule has 0 aromatic carbocycles. The van der Waals surface area contributed by atoms with Crippen LogP contribution < -0.4 is 10.2 Å². The second-order valence-electron chi connectivity index (χ2n) is 5.42. The molecule has 0 radical (unpaired) electrons. The lowest BCUT2D eigenvalue weighted by Gasteiger charge is -2.29. The molecular weight excluding hydrogens is 238 g/mol. The zero-order chi connectivity index (χ0) is 13.7. The SMILES string of the molecule is CNCc1cnc(C)cc1N(C)CC1CCOCC1. The molecule has 0 saturated carbocycles. The van der Waals surface area contributed by atoms with Crippen molar-refractivity contribution in [3.05, 3.63) is 23.5 Å². The fourth-order valence-corrected chi connectivity index (χ4v) is 2.67. The van der Waals surface area contributed by atoms with Crippen LogP contribution in [-0.2, 0) is 11.3 Å². The summed E-state index contributed by atoms with van der Waals surface area (Å²) in [5.74, 6) is 0.745. The van der Waals surface area contributed by atoms with E-state index in [-0.39, 0.29) is 0 Å². The van der Waals surface area contributed by atoms with Crippen molar-refractivity contribution in [2.24, 2.45) is 5.92 Å². The molecule has 1 aliphatic heterocycles. The van der Waals surface area contributed by atoms with Crippen LogP contribution in [0.25, 0.3) is 0 Å². The van der Waals surface area contributed by atoms with Crippen LogP contribution in [0, 0.1) is 12.8 Å². The van der Waals surface area contributed by atoms with E-state index in [1.54, 1.807) is 0 Å². The van der Waals surface area contributed by atoms with Gasteiger partial charge >= 0.3 is 0 Å². The number of hydrogen-bond donors (Lipinski definition) is 1. The van der Waals surface area contributed by atoms with Gasteiger partial charge in [-0.25, -0.2) is 0 Å². The number of nitrogens with zero attached hydrogens (tertiary/aromatic N) is 2. The van der Waals surface area contributed by atoms with E-state index in [2.05, 4.69) is 35.2 Å². The summed E-state index contributed by atoms with van der Waals surface area (Å²) in [5.41, 5.74) is 3.64. The molecule has 1 aromatic heterocycles. The van der Waals surface area contributed by atoms with Crippen LogP contribution in [0.5, 0.6) is 0 Å². The Labute approximate surface area is 116 Å². The van der Waals surface area contributed by atoms with Gasteiger partial charge in [-0.15, -0.1) is 0 Å². The largest absolute Gasteiger partial charge is 0.381 e. The predicted octanol–water partition coefficient (Wildman–Crippen LogP) is 1.97. The van der Waals surface area contributed by atoms with Crippen molar-refractivity contribution >= 4 is 5.69 Å². The first-order chi connectivity index (χ1) is 9.20. The van der Waals surface area contributed by atoms with Gasteiger partial charge in [0.25, 0.3) is 0 Å². The quantitative estimate of drug-likeness (QED) is 0.881. The van der Waals surface area contributed by atoms with Gasteiger partial charge in [0.05, 0.1) is 0 Å². The molecule has 0 amide bonds. The summed E-state index contributed by atoms with van der Waals surface area (Å²) in [6, 6.07) is 2.19. The van der Waals surface area contributed by atoms with Crippen molar-refractivity contribution in [3.8, 4) is 0 Å². The van der Waals surface area contributed by atoms with E-state index in [0.29, 0.717) is 0 Å². The van der Waals surface area contributed by atoms with Gasteiger partial charge < -0.3 is 15.0 Å². The van der Waals surface area contributed by atoms with Gasteiger partial charge in [0.2, 0.25) is 0 Å². The molecule has 2 rings (SSSR count). The maximum atomic E-state index is 5.43. The number of hydrogen-bond acceptors (Lipinski definition) is 4. The molecule has 4 heteroatoms. The highest BCUT2D eigenvalue weighted by Gasteiger charge is 2.17. The summed E-state index contributed by atoms with van der Waals surface area (Å²) < 4.78 is 5.43. The summed E-state index contributed by atoms with van der Waals surface area (Å²) in [7, 11) is 4.16.